The number of nitrogens with one attached hydrogen (secondary N) is 2. The number of hydrogen-bond acceptors (Lipinski definition) is 4. The van der Waals surface area contributed by atoms with Gasteiger partial charge in [-0.05, 0) is 44.9 Å². The first kappa shape index (κ1) is 25.2. The summed E-state index contributed by atoms with van der Waals surface area (Å²) >= 11 is 0. The molecular formula is C23H39IN4O2. The molecule has 1 atom stereocenters. The molecule has 0 spiro atoms. The van der Waals surface area contributed by atoms with Crippen molar-refractivity contribution in [2.45, 2.75) is 51.6 Å². The van der Waals surface area contributed by atoms with Gasteiger partial charge < -0.3 is 25.0 Å². The molecule has 6 nitrogen and oxygen atoms in total. The Morgan fingerprint density at radius 2 is 2.03 bits per heavy atom. The molecule has 170 valence electrons. The van der Waals surface area contributed by atoms with Crippen molar-refractivity contribution in [3.05, 3.63) is 29.3 Å². The number of ether oxygens (including phenoxy) is 2. The predicted octanol–water partition coefficient (Wildman–Crippen LogP) is 3.57. The van der Waals surface area contributed by atoms with E-state index in [1.165, 1.54) is 31.2 Å². The maximum atomic E-state index is 6.15. The molecule has 2 fully saturated rings. The molecule has 1 unspecified atom stereocenters. The first-order valence-corrected chi connectivity index (χ1v) is 11.1. The average Bonchev–Trinajstić information content (AvgIpc) is 3.44. The molecule has 0 aromatic heterocycles. The van der Waals surface area contributed by atoms with E-state index in [9.17, 15) is 0 Å². The summed E-state index contributed by atoms with van der Waals surface area (Å²) in [6, 6.07) is 7.16. The molecule has 3 rings (SSSR count). The third kappa shape index (κ3) is 7.89. The maximum absolute atomic E-state index is 6.15. The molecule has 7 heteroatoms. The Labute approximate surface area is 199 Å². The van der Waals surface area contributed by atoms with E-state index in [-0.39, 0.29) is 24.0 Å². The van der Waals surface area contributed by atoms with Crippen molar-refractivity contribution in [3.63, 3.8) is 0 Å². The summed E-state index contributed by atoms with van der Waals surface area (Å²) in [5, 5.41) is 6.87. The fourth-order valence-electron chi connectivity index (χ4n) is 4.14. The van der Waals surface area contributed by atoms with Crippen molar-refractivity contribution in [2.24, 2.45) is 10.9 Å². The number of aryl methyl sites for hydroxylation is 1. The van der Waals surface area contributed by atoms with E-state index in [1.807, 2.05) is 7.05 Å². The van der Waals surface area contributed by atoms with Crippen LogP contribution in [0.1, 0.15) is 43.2 Å². The van der Waals surface area contributed by atoms with Crippen molar-refractivity contribution in [3.8, 4) is 5.75 Å². The monoisotopic (exact) mass is 530 g/mol. The van der Waals surface area contributed by atoms with Gasteiger partial charge in [0, 0.05) is 50.8 Å². The lowest BCUT2D eigenvalue weighted by Gasteiger charge is -2.24. The van der Waals surface area contributed by atoms with Gasteiger partial charge in [0.1, 0.15) is 5.75 Å². The highest BCUT2D eigenvalue weighted by Gasteiger charge is 2.19. The largest absolute Gasteiger partial charge is 0.493 e. The Hall–Kier alpha value is -1.06. The highest BCUT2D eigenvalue weighted by atomic mass is 127. The first-order valence-electron chi connectivity index (χ1n) is 11.1. The number of likely N-dealkylation sites (N-methyl/N-ethyl adjacent to an activating group) is 1. The first-order chi connectivity index (χ1) is 14.2. The molecule has 0 amide bonds. The standard InChI is InChI=1S/C23H38N4O2.HI/c1-18-8-9-20(22(14-18)29-17-19-10-13-28-16-19)15-26-23(24-2)25-11-12-27(3)21-6-4-5-7-21;/h8-9,14,19,21H,4-7,10-13,15-17H2,1-3H3,(H2,24,25,26);1H. The third-order valence-electron chi connectivity index (χ3n) is 6.10. The number of halogens is 1. The van der Waals surface area contributed by atoms with Crippen molar-refractivity contribution >= 4 is 29.9 Å². The van der Waals surface area contributed by atoms with Crippen molar-refractivity contribution < 1.29 is 9.47 Å². The second-order valence-corrected chi connectivity index (χ2v) is 8.42. The van der Waals surface area contributed by atoms with Crippen LogP contribution < -0.4 is 15.4 Å². The van der Waals surface area contributed by atoms with Crippen LogP contribution in [0.4, 0.5) is 0 Å². The van der Waals surface area contributed by atoms with Crippen LogP contribution >= 0.6 is 24.0 Å². The van der Waals surface area contributed by atoms with E-state index in [1.54, 1.807) is 0 Å². The minimum Gasteiger partial charge on any atom is -0.493 e. The number of guanidine groups is 1. The molecule has 0 bridgehead atoms. The smallest absolute Gasteiger partial charge is 0.191 e. The minimum atomic E-state index is 0. The molecule has 1 aliphatic carbocycles. The Morgan fingerprint density at radius 3 is 2.73 bits per heavy atom. The zero-order valence-electron chi connectivity index (χ0n) is 18.8. The Kier molecular flexibility index (Phi) is 11.2. The van der Waals surface area contributed by atoms with Gasteiger partial charge in [0.25, 0.3) is 0 Å². The van der Waals surface area contributed by atoms with Gasteiger partial charge in [-0.3, -0.25) is 4.99 Å². The van der Waals surface area contributed by atoms with Gasteiger partial charge in [-0.2, -0.15) is 0 Å². The third-order valence-corrected chi connectivity index (χ3v) is 6.10. The van der Waals surface area contributed by atoms with E-state index in [2.05, 4.69) is 52.7 Å². The van der Waals surface area contributed by atoms with Crippen LogP contribution in [-0.4, -0.2) is 63.9 Å². The van der Waals surface area contributed by atoms with Crippen molar-refractivity contribution in [1.29, 1.82) is 0 Å². The maximum Gasteiger partial charge on any atom is 0.191 e. The van der Waals surface area contributed by atoms with Crippen LogP contribution in [0.25, 0.3) is 0 Å². The van der Waals surface area contributed by atoms with Gasteiger partial charge in [-0.25, -0.2) is 0 Å². The van der Waals surface area contributed by atoms with Crippen LogP contribution in [0, 0.1) is 12.8 Å². The van der Waals surface area contributed by atoms with E-state index < -0.39 is 0 Å². The van der Waals surface area contributed by atoms with Crippen LogP contribution in [0.15, 0.2) is 23.2 Å². The lowest BCUT2D eigenvalue weighted by Crippen LogP contribution is -2.42. The summed E-state index contributed by atoms with van der Waals surface area (Å²) in [4.78, 5) is 6.85. The Balaban J connectivity index is 0.00000320. The van der Waals surface area contributed by atoms with Gasteiger partial charge in [-0.15, -0.1) is 24.0 Å². The van der Waals surface area contributed by atoms with E-state index in [4.69, 9.17) is 9.47 Å². The quantitative estimate of drug-likeness (QED) is 0.291. The second kappa shape index (κ2) is 13.4. The lowest BCUT2D eigenvalue weighted by atomic mass is 10.1. The fraction of sp³-hybridized carbons (Fsp3) is 0.696. The molecule has 0 radical (unpaired) electrons. The van der Waals surface area contributed by atoms with Gasteiger partial charge in [0.2, 0.25) is 0 Å². The number of benzene rings is 1. The molecule has 1 heterocycles. The van der Waals surface area contributed by atoms with Crippen LogP contribution in [0.5, 0.6) is 5.75 Å². The summed E-state index contributed by atoms with van der Waals surface area (Å²) in [5.74, 6) is 2.30. The topological polar surface area (TPSA) is 58.1 Å². The van der Waals surface area contributed by atoms with Crippen molar-refractivity contribution in [2.75, 3.05) is 47.0 Å². The van der Waals surface area contributed by atoms with Crippen molar-refractivity contribution in [1.82, 2.24) is 15.5 Å². The van der Waals surface area contributed by atoms with Crippen LogP contribution in [0.2, 0.25) is 0 Å². The van der Waals surface area contributed by atoms with Gasteiger partial charge in [0.05, 0.1) is 13.2 Å². The molecule has 30 heavy (non-hydrogen) atoms. The Morgan fingerprint density at radius 1 is 1.23 bits per heavy atom. The van der Waals surface area contributed by atoms with Gasteiger partial charge >= 0.3 is 0 Å². The molecule has 1 aliphatic heterocycles. The molecule has 2 N–H and O–H groups in total. The van der Waals surface area contributed by atoms with E-state index in [0.29, 0.717) is 12.5 Å². The average molecular weight is 530 g/mol. The highest BCUT2D eigenvalue weighted by Crippen LogP contribution is 2.23. The number of nitrogens with zero attached hydrogens (tertiary/aromatic N) is 2. The fourth-order valence-corrected chi connectivity index (χ4v) is 4.14. The molecule has 1 aromatic rings. The normalized spacial score (nSPS) is 19.7. The SMILES string of the molecule is CN=C(NCCN(C)C1CCCC1)NCc1ccc(C)cc1OCC1CCOC1.I. The van der Waals surface area contributed by atoms with Crippen LogP contribution in [-0.2, 0) is 11.3 Å². The summed E-state index contributed by atoms with van der Waals surface area (Å²) in [6.07, 6.45) is 6.52. The lowest BCUT2D eigenvalue weighted by molar-refractivity contribution is 0.166. The molecule has 1 aromatic carbocycles. The predicted molar refractivity (Wildman–Crippen MR) is 134 cm³/mol. The molecule has 1 saturated carbocycles. The number of aliphatic imine (C=N–C) groups is 1. The number of rotatable bonds is 9. The highest BCUT2D eigenvalue weighted by molar-refractivity contribution is 14.0. The van der Waals surface area contributed by atoms with E-state index >= 15 is 0 Å². The molecule has 2 aliphatic rings. The molecule has 1 saturated heterocycles. The van der Waals surface area contributed by atoms with Crippen LogP contribution in [0.3, 0.4) is 0 Å². The second-order valence-electron chi connectivity index (χ2n) is 8.42. The summed E-state index contributed by atoms with van der Waals surface area (Å²) in [7, 11) is 4.06. The van der Waals surface area contributed by atoms with Gasteiger partial charge in [0.15, 0.2) is 5.96 Å². The minimum absolute atomic E-state index is 0. The zero-order chi connectivity index (χ0) is 20.5. The Bertz CT molecular complexity index is 659. The summed E-state index contributed by atoms with van der Waals surface area (Å²) in [5.41, 5.74) is 2.37. The molecular weight excluding hydrogens is 491 g/mol. The zero-order valence-corrected chi connectivity index (χ0v) is 21.1. The van der Waals surface area contributed by atoms with E-state index in [0.717, 1.165) is 62.6 Å². The summed E-state index contributed by atoms with van der Waals surface area (Å²) < 4.78 is 11.6. The number of hydrogen-bond donors (Lipinski definition) is 2. The van der Waals surface area contributed by atoms with Gasteiger partial charge in [-0.1, -0.05) is 25.0 Å². The summed E-state index contributed by atoms with van der Waals surface area (Å²) in [6.45, 7) is 7.11.